The molecule has 25 heavy (non-hydrogen) atoms. The van der Waals surface area contributed by atoms with Crippen LogP contribution in [0.15, 0.2) is 41.1 Å². The molecule has 7 heteroatoms. The zero-order chi connectivity index (χ0) is 18.7. The summed E-state index contributed by atoms with van der Waals surface area (Å²) in [6.07, 6.45) is 1.56. The van der Waals surface area contributed by atoms with Gasteiger partial charge in [-0.05, 0) is 36.6 Å². The van der Waals surface area contributed by atoms with E-state index in [2.05, 4.69) is 0 Å². The van der Waals surface area contributed by atoms with E-state index >= 15 is 0 Å². The highest BCUT2D eigenvalue weighted by atomic mass is 16.6. The number of ether oxygens (including phenoxy) is 1. The van der Waals surface area contributed by atoms with Crippen molar-refractivity contribution in [3.63, 3.8) is 0 Å². The van der Waals surface area contributed by atoms with Crippen molar-refractivity contribution >= 4 is 23.6 Å². The fourth-order valence-corrected chi connectivity index (χ4v) is 2.67. The second-order valence-electron chi connectivity index (χ2n) is 6.17. The molecule has 1 aliphatic rings. The molecule has 0 spiro atoms. The molecule has 7 nitrogen and oxygen atoms in total. The predicted octanol–water partition coefficient (Wildman–Crippen LogP) is 2.92. The number of carbonyl (C=O) groups is 2. The number of carbonyl (C=O) groups excluding carboxylic acids is 2. The van der Waals surface area contributed by atoms with Gasteiger partial charge in [-0.3, -0.25) is 14.9 Å². The Morgan fingerprint density at radius 1 is 1.32 bits per heavy atom. The highest BCUT2D eigenvalue weighted by Crippen LogP contribution is 2.32. The third kappa shape index (κ3) is 3.76. The average Bonchev–Trinajstić information content (AvgIpc) is 2.79. The standard InChI is InChI=1S/C18H20N2O5/c1-11(2)10-19-12(3)16(18(22)25-4)15(17(19)21)9-13-5-7-14(8-6-13)20(23)24/h5-9,11H,10H2,1-4H3/b15-9-. The zero-order valence-corrected chi connectivity index (χ0v) is 14.6. The summed E-state index contributed by atoms with van der Waals surface area (Å²) in [6, 6.07) is 5.78. The highest BCUT2D eigenvalue weighted by molar-refractivity contribution is 6.16. The largest absolute Gasteiger partial charge is 0.465 e. The third-order valence-corrected chi connectivity index (χ3v) is 3.86. The lowest BCUT2D eigenvalue weighted by Gasteiger charge is -2.19. The number of hydrogen-bond acceptors (Lipinski definition) is 5. The van der Waals surface area contributed by atoms with Gasteiger partial charge in [-0.2, -0.15) is 0 Å². The third-order valence-electron chi connectivity index (χ3n) is 3.86. The Labute approximate surface area is 145 Å². The van der Waals surface area contributed by atoms with E-state index in [1.54, 1.807) is 17.9 Å². The number of benzene rings is 1. The number of amides is 1. The van der Waals surface area contributed by atoms with E-state index in [0.29, 0.717) is 17.8 Å². The number of nitro benzene ring substituents is 1. The molecular weight excluding hydrogens is 324 g/mol. The number of non-ortho nitro benzene ring substituents is 1. The summed E-state index contributed by atoms with van der Waals surface area (Å²) in [7, 11) is 1.27. The number of allylic oxidation sites excluding steroid dienone is 1. The maximum absolute atomic E-state index is 12.8. The molecular formula is C18H20N2O5. The molecule has 0 aliphatic carbocycles. The van der Waals surface area contributed by atoms with Crippen LogP contribution in [0.25, 0.3) is 6.08 Å². The Morgan fingerprint density at radius 2 is 1.92 bits per heavy atom. The first-order valence-corrected chi connectivity index (χ1v) is 7.83. The Bertz CT molecular complexity index is 775. The molecule has 0 aromatic heterocycles. The fourth-order valence-electron chi connectivity index (χ4n) is 2.67. The van der Waals surface area contributed by atoms with Crippen LogP contribution in [0.1, 0.15) is 26.3 Å². The van der Waals surface area contributed by atoms with E-state index in [-0.39, 0.29) is 28.7 Å². The molecule has 0 radical (unpaired) electrons. The van der Waals surface area contributed by atoms with Crippen molar-refractivity contribution in [2.45, 2.75) is 20.8 Å². The molecule has 0 saturated heterocycles. The van der Waals surface area contributed by atoms with Crippen LogP contribution in [-0.2, 0) is 14.3 Å². The van der Waals surface area contributed by atoms with Crippen LogP contribution in [0.3, 0.4) is 0 Å². The lowest BCUT2D eigenvalue weighted by molar-refractivity contribution is -0.384. The maximum Gasteiger partial charge on any atom is 0.340 e. The lowest BCUT2D eigenvalue weighted by Crippen LogP contribution is -2.28. The Balaban J connectivity index is 2.47. The molecule has 1 heterocycles. The smallest absolute Gasteiger partial charge is 0.340 e. The van der Waals surface area contributed by atoms with E-state index in [9.17, 15) is 19.7 Å². The van der Waals surface area contributed by atoms with E-state index < -0.39 is 10.9 Å². The normalized spacial score (nSPS) is 16.1. The van der Waals surface area contributed by atoms with Gasteiger partial charge in [-0.25, -0.2) is 4.79 Å². The molecule has 2 rings (SSSR count). The van der Waals surface area contributed by atoms with Gasteiger partial charge in [0.15, 0.2) is 0 Å². The van der Waals surface area contributed by atoms with E-state index in [0.717, 1.165) is 0 Å². The second-order valence-corrected chi connectivity index (χ2v) is 6.17. The van der Waals surface area contributed by atoms with Gasteiger partial charge >= 0.3 is 5.97 Å². The van der Waals surface area contributed by atoms with Crippen LogP contribution in [-0.4, -0.2) is 35.4 Å². The van der Waals surface area contributed by atoms with Crippen LogP contribution in [0.2, 0.25) is 0 Å². The van der Waals surface area contributed by atoms with Gasteiger partial charge < -0.3 is 9.64 Å². The molecule has 0 saturated carbocycles. The van der Waals surface area contributed by atoms with Gasteiger partial charge in [0.25, 0.3) is 11.6 Å². The van der Waals surface area contributed by atoms with Gasteiger partial charge in [0, 0.05) is 24.4 Å². The van der Waals surface area contributed by atoms with Gasteiger partial charge in [0.05, 0.1) is 23.2 Å². The first-order valence-electron chi connectivity index (χ1n) is 7.83. The van der Waals surface area contributed by atoms with Gasteiger partial charge in [-0.15, -0.1) is 0 Å². The molecule has 132 valence electrons. The van der Waals surface area contributed by atoms with Crippen molar-refractivity contribution in [2.24, 2.45) is 5.92 Å². The fraction of sp³-hybridized carbons (Fsp3) is 0.333. The van der Waals surface area contributed by atoms with Crippen molar-refractivity contribution in [1.82, 2.24) is 4.90 Å². The minimum Gasteiger partial charge on any atom is -0.465 e. The van der Waals surface area contributed by atoms with Crippen molar-refractivity contribution in [1.29, 1.82) is 0 Å². The van der Waals surface area contributed by atoms with Crippen LogP contribution in [0.5, 0.6) is 0 Å². The quantitative estimate of drug-likeness (QED) is 0.354. The molecule has 1 aromatic carbocycles. The molecule has 1 aliphatic heterocycles. The van der Waals surface area contributed by atoms with Crippen LogP contribution in [0.4, 0.5) is 5.69 Å². The Kier molecular flexibility index (Phi) is 5.36. The molecule has 0 N–H and O–H groups in total. The molecule has 1 amide bonds. The predicted molar refractivity (Wildman–Crippen MR) is 92.3 cm³/mol. The Morgan fingerprint density at radius 3 is 2.40 bits per heavy atom. The zero-order valence-electron chi connectivity index (χ0n) is 14.6. The summed E-state index contributed by atoms with van der Waals surface area (Å²) in [6.45, 7) is 6.17. The summed E-state index contributed by atoms with van der Waals surface area (Å²) in [5.74, 6) is -0.619. The first kappa shape index (κ1) is 18.4. The number of rotatable bonds is 5. The average molecular weight is 344 g/mol. The number of esters is 1. The SMILES string of the molecule is COC(=O)C1=C(C)N(CC(C)C)C(=O)/C1=C\c1ccc([N+](=O)[O-])cc1. The first-order chi connectivity index (χ1) is 11.8. The van der Waals surface area contributed by atoms with Crippen LogP contribution in [0, 0.1) is 16.0 Å². The van der Waals surface area contributed by atoms with E-state index in [1.165, 1.54) is 31.4 Å². The number of nitrogens with zero attached hydrogens (tertiary/aromatic N) is 2. The summed E-state index contributed by atoms with van der Waals surface area (Å²) in [5, 5.41) is 10.7. The van der Waals surface area contributed by atoms with Crippen LogP contribution < -0.4 is 0 Å². The monoisotopic (exact) mass is 344 g/mol. The van der Waals surface area contributed by atoms with Crippen molar-refractivity contribution in [3.05, 3.63) is 56.8 Å². The highest BCUT2D eigenvalue weighted by Gasteiger charge is 2.37. The summed E-state index contributed by atoms with van der Waals surface area (Å²) in [4.78, 5) is 36.7. The molecule has 0 unspecified atom stereocenters. The van der Waals surface area contributed by atoms with Crippen molar-refractivity contribution in [3.8, 4) is 0 Å². The molecule has 0 bridgehead atoms. The number of hydrogen-bond donors (Lipinski definition) is 0. The minimum atomic E-state index is -0.578. The molecule has 0 atom stereocenters. The lowest BCUT2D eigenvalue weighted by atomic mass is 10.0. The summed E-state index contributed by atoms with van der Waals surface area (Å²) >= 11 is 0. The van der Waals surface area contributed by atoms with E-state index in [4.69, 9.17) is 4.74 Å². The van der Waals surface area contributed by atoms with Gasteiger partial charge in [-0.1, -0.05) is 13.8 Å². The number of nitro groups is 1. The topological polar surface area (TPSA) is 89.8 Å². The van der Waals surface area contributed by atoms with Gasteiger partial charge in [0.2, 0.25) is 0 Å². The van der Waals surface area contributed by atoms with Crippen molar-refractivity contribution < 1.29 is 19.2 Å². The van der Waals surface area contributed by atoms with E-state index in [1.807, 2.05) is 13.8 Å². The second kappa shape index (κ2) is 7.29. The van der Waals surface area contributed by atoms with Crippen molar-refractivity contribution in [2.75, 3.05) is 13.7 Å². The molecule has 1 aromatic rings. The number of methoxy groups -OCH3 is 1. The minimum absolute atomic E-state index is 0.0405. The maximum atomic E-state index is 12.8. The summed E-state index contributed by atoms with van der Waals surface area (Å²) in [5.41, 5.74) is 1.57. The summed E-state index contributed by atoms with van der Waals surface area (Å²) < 4.78 is 4.82. The van der Waals surface area contributed by atoms with Crippen LogP contribution >= 0.6 is 0 Å². The molecule has 0 fully saturated rings. The Hall–Kier alpha value is -2.96. The van der Waals surface area contributed by atoms with Gasteiger partial charge in [0.1, 0.15) is 0 Å².